The number of aliphatic hydroxyl groups excluding tert-OH is 1. The van der Waals surface area contributed by atoms with E-state index in [1.54, 1.807) is 0 Å². The molecule has 1 saturated heterocycles. The first kappa shape index (κ1) is 11.4. The van der Waals surface area contributed by atoms with Crippen molar-refractivity contribution < 1.29 is 9.50 Å². The van der Waals surface area contributed by atoms with Crippen LogP contribution in [0.5, 0.6) is 0 Å². The summed E-state index contributed by atoms with van der Waals surface area (Å²) in [5.74, 6) is -0.218. The van der Waals surface area contributed by atoms with Gasteiger partial charge in [0.05, 0.1) is 6.10 Å². The van der Waals surface area contributed by atoms with Crippen LogP contribution in [-0.2, 0) is 6.54 Å². The molecule has 2 N–H and O–H groups in total. The Labute approximate surface area is 94.9 Å². The Hall–Kier alpha value is -1.13. The van der Waals surface area contributed by atoms with Crippen molar-refractivity contribution in [2.45, 2.75) is 19.1 Å². The lowest BCUT2D eigenvalue weighted by molar-refractivity contribution is 0.198. The molecule has 0 radical (unpaired) electrons. The number of halogens is 1. The van der Waals surface area contributed by atoms with E-state index < -0.39 is 0 Å². The molecule has 3 nitrogen and oxygen atoms in total. The summed E-state index contributed by atoms with van der Waals surface area (Å²) >= 11 is 0. The predicted octanol–water partition coefficient (Wildman–Crippen LogP) is 1.12. The van der Waals surface area contributed by atoms with Gasteiger partial charge in [-0.3, -0.25) is 0 Å². The second kappa shape index (κ2) is 4.80. The monoisotopic (exact) mass is 224 g/mol. The molecule has 1 heterocycles. The van der Waals surface area contributed by atoms with E-state index in [4.69, 9.17) is 0 Å². The van der Waals surface area contributed by atoms with Gasteiger partial charge in [-0.1, -0.05) is 0 Å². The molecule has 88 valence electrons. The summed E-state index contributed by atoms with van der Waals surface area (Å²) in [6, 6.07) is 5.03. The van der Waals surface area contributed by atoms with E-state index in [1.165, 1.54) is 12.1 Å². The molecule has 1 atom stereocenters. The minimum Gasteiger partial charge on any atom is -0.391 e. The van der Waals surface area contributed by atoms with Crippen molar-refractivity contribution in [3.05, 3.63) is 29.6 Å². The van der Waals surface area contributed by atoms with Crippen LogP contribution in [0.15, 0.2) is 18.2 Å². The summed E-state index contributed by atoms with van der Waals surface area (Å²) in [5, 5.41) is 12.5. The lowest BCUT2D eigenvalue weighted by atomic mass is 10.2. The van der Waals surface area contributed by atoms with E-state index in [1.807, 2.05) is 18.0 Å². The normalized spacial score (nSPS) is 20.4. The molecule has 1 fully saturated rings. The SMILES string of the molecule is CNCc1cc(F)cc(N2CCC(O)C2)c1. The van der Waals surface area contributed by atoms with Crippen molar-refractivity contribution in [3.8, 4) is 0 Å². The van der Waals surface area contributed by atoms with E-state index in [9.17, 15) is 9.50 Å². The highest BCUT2D eigenvalue weighted by atomic mass is 19.1. The fraction of sp³-hybridized carbons (Fsp3) is 0.500. The number of anilines is 1. The number of benzene rings is 1. The molecule has 1 unspecified atom stereocenters. The Morgan fingerprint density at radius 3 is 2.94 bits per heavy atom. The minimum atomic E-state index is -0.281. The lowest BCUT2D eigenvalue weighted by Crippen LogP contribution is -2.21. The standard InChI is InChI=1S/C12H17FN2O/c1-14-7-9-4-10(13)6-11(5-9)15-3-2-12(16)8-15/h4-6,12,14,16H,2-3,7-8H2,1H3. The van der Waals surface area contributed by atoms with Gasteiger partial charge >= 0.3 is 0 Å². The van der Waals surface area contributed by atoms with Crippen LogP contribution in [0.4, 0.5) is 10.1 Å². The highest BCUT2D eigenvalue weighted by Gasteiger charge is 2.20. The second-order valence-corrected chi connectivity index (χ2v) is 4.24. The first-order valence-electron chi connectivity index (χ1n) is 5.56. The third kappa shape index (κ3) is 2.51. The first-order valence-corrected chi connectivity index (χ1v) is 5.56. The molecule has 0 amide bonds. The molecular formula is C12H17FN2O. The van der Waals surface area contributed by atoms with Crippen LogP contribution >= 0.6 is 0 Å². The third-order valence-corrected chi connectivity index (χ3v) is 2.85. The van der Waals surface area contributed by atoms with Gasteiger partial charge in [-0.2, -0.15) is 0 Å². The Morgan fingerprint density at radius 2 is 2.31 bits per heavy atom. The smallest absolute Gasteiger partial charge is 0.125 e. The number of nitrogens with zero attached hydrogens (tertiary/aromatic N) is 1. The number of hydrogen-bond acceptors (Lipinski definition) is 3. The van der Waals surface area contributed by atoms with Gasteiger partial charge < -0.3 is 15.3 Å². The first-order chi connectivity index (χ1) is 7.69. The molecular weight excluding hydrogens is 207 g/mol. The lowest BCUT2D eigenvalue weighted by Gasteiger charge is -2.18. The average molecular weight is 224 g/mol. The molecule has 2 rings (SSSR count). The predicted molar refractivity (Wildman–Crippen MR) is 62.0 cm³/mol. The Kier molecular flexibility index (Phi) is 3.41. The molecule has 16 heavy (non-hydrogen) atoms. The summed E-state index contributed by atoms with van der Waals surface area (Å²) < 4.78 is 13.4. The third-order valence-electron chi connectivity index (χ3n) is 2.85. The van der Waals surface area contributed by atoms with Crippen molar-refractivity contribution in [1.82, 2.24) is 5.32 Å². The van der Waals surface area contributed by atoms with Gasteiger partial charge in [0, 0.05) is 25.3 Å². The minimum absolute atomic E-state index is 0.218. The van der Waals surface area contributed by atoms with Crippen molar-refractivity contribution in [1.29, 1.82) is 0 Å². The van der Waals surface area contributed by atoms with Crippen LogP contribution in [0.2, 0.25) is 0 Å². The van der Waals surface area contributed by atoms with Crippen LogP contribution < -0.4 is 10.2 Å². The molecule has 4 heteroatoms. The molecule has 0 aliphatic carbocycles. The van der Waals surface area contributed by atoms with Gasteiger partial charge in [0.2, 0.25) is 0 Å². The maximum absolute atomic E-state index is 13.4. The molecule has 1 aromatic rings. The van der Waals surface area contributed by atoms with Gasteiger partial charge in [-0.15, -0.1) is 0 Å². The van der Waals surface area contributed by atoms with Crippen molar-refractivity contribution in [2.24, 2.45) is 0 Å². The van der Waals surface area contributed by atoms with Crippen molar-refractivity contribution in [3.63, 3.8) is 0 Å². The Morgan fingerprint density at radius 1 is 1.50 bits per heavy atom. The summed E-state index contributed by atoms with van der Waals surface area (Å²) in [6.07, 6.45) is 0.480. The largest absolute Gasteiger partial charge is 0.391 e. The highest BCUT2D eigenvalue weighted by molar-refractivity contribution is 5.50. The average Bonchev–Trinajstić information content (AvgIpc) is 2.64. The van der Waals surface area contributed by atoms with E-state index in [0.29, 0.717) is 13.1 Å². The summed E-state index contributed by atoms with van der Waals surface area (Å²) in [7, 11) is 1.84. The number of β-amino-alcohol motifs (C(OH)–C–C–N with tert-alkyl or cyclic N) is 1. The van der Waals surface area contributed by atoms with Gasteiger partial charge in [0.1, 0.15) is 5.82 Å². The number of hydrogen-bond donors (Lipinski definition) is 2. The van der Waals surface area contributed by atoms with Gasteiger partial charge in [-0.25, -0.2) is 4.39 Å². The molecule has 0 bridgehead atoms. The van der Waals surface area contributed by atoms with Crippen LogP contribution in [0.3, 0.4) is 0 Å². The molecule has 0 saturated carbocycles. The second-order valence-electron chi connectivity index (χ2n) is 4.24. The highest BCUT2D eigenvalue weighted by Crippen LogP contribution is 2.23. The van der Waals surface area contributed by atoms with Crippen LogP contribution in [0.1, 0.15) is 12.0 Å². The zero-order chi connectivity index (χ0) is 11.5. The summed E-state index contributed by atoms with van der Waals surface area (Å²) in [6.45, 7) is 2.05. The molecule has 1 aliphatic heterocycles. The molecule has 0 spiro atoms. The maximum atomic E-state index is 13.4. The van der Waals surface area contributed by atoms with Crippen LogP contribution in [-0.4, -0.2) is 31.3 Å². The van der Waals surface area contributed by atoms with E-state index in [-0.39, 0.29) is 11.9 Å². The summed E-state index contributed by atoms with van der Waals surface area (Å²) in [4.78, 5) is 2.02. The van der Waals surface area contributed by atoms with Crippen LogP contribution in [0, 0.1) is 5.82 Å². The molecule has 1 aromatic carbocycles. The molecule has 0 aromatic heterocycles. The van der Waals surface area contributed by atoms with Gasteiger partial charge in [-0.05, 0) is 37.2 Å². The summed E-state index contributed by atoms with van der Waals surface area (Å²) in [5.41, 5.74) is 1.79. The Balaban J connectivity index is 2.20. The maximum Gasteiger partial charge on any atom is 0.125 e. The number of aliphatic hydroxyl groups is 1. The van der Waals surface area contributed by atoms with E-state index in [0.717, 1.165) is 24.2 Å². The van der Waals surface area contributed by atoms with Crippen LogP contribution in [0.25, 0.3) is 0 Å². The van der Waals surface area contributed by atoms with Gasteiger partial charge in [0.25, 0.3) is 0 Å². The number of rotatable bonds is 3. The Bertz CT molecular complexity index is 370. The van der Waals surface area contributed by atoms with Crippen molar-refractivity contribution in [2.75, 3.05) is 25.0 Å². The van der Waals surface area contributed by atoms with E-state index >= 15 is 0 Å². The zero-order valence-electron chi connectivity index (χ0n) is 9.41. The topological polar surface area (TPSA) is 35.5 Å². The number of nitrogens with one attached hydrogen (secondary N) is 1. The van der Waals surface area contributed by atoms with Gasteiger partial charge in [0.15, 0.2) is 0 Å². The zero-order valence-corrected chi connectivity index (χ0v) is 9.41. The van der Waals surface area contributed by atoms with E-state index in [2.05, 4.69) is 5.32 Å². The fourth-order valence-corrected chi connectivity index (χ4v) is 2.10. The molecule has 1 aliphatic rings. The van der Waals surface area contributed by atoms with Crippen molar-refractivity contribution >= 4 is 5.69 Å². The fourth-order valence-electron chi connectivity index (χ4n) is 2.10. The quantitative estimate of drug-likeness (QED) is 0.807.